The molecule has 0 aliphatic heterocycles. The Balaban J connectivity index is 2.33. The summed E-state index contributed by atoms with van der Waals surface area (Å²) < 4.78 is 33.2. The van der Waals surface area contributed by atoms with Crippen LogP contribution in [0.25, 0.3) is 22.0 Å². The first kappa shape index (κ1) is 13.9. The van der Waals surface area contributed by atoms with Crippen molar-refractivity contribution >= 4 is 26.7 Å². The zero-order valence-electron chi connectivity index (χ0n) is 10.9. The van der Waals surface area contributed by atoms with Crippen LogP contribution in [-0.2, 0) is 0 Å². The third kappa shape index (κ3) is 2.47. The zero-order chi connectivity index (χ0) is 15.0. The number of hydrogen-bond donors (Lipinski definition) is 0. The van der Waals surface area contributed by atoms with Crippen LogP contribution in [0, 0.1) is 11.8 Å². The second-order valence-electron chi connectivity index (χ2n) is 4.37. The van der Waals surface area contributed by atoms with E-state index in [-0.39, 0.29) is 5.39 Å². The van der Waals surface area contributed by atoms with Gasteiger partial charge in [-0.15, -0.1) is 10.2 Å². The second kappa shape index (κ2) is 5.37. The standard InChI is InChI=1S/C15H9BrF2N2O/c1-21-13-6-8(16)2-4-11(13)14-10-5-3-9(17)7-12(10)15(18)20-19-14/h2-7H,1H3. The van der Waals surface area contributed by atoms with Gasteiger partial charge in [-0.1, -0.05) is 15.9 Å². The van der Waals surface area contributed by atoms with Crippen molar-refractivity contribution in [1.82, 2.24) is 10.2 Å². The molecule has 0 saturated heterocycles. The van der Waals surface area contributed by atoms with Gasteiger partial charge in [0.25, 0.3) is 0 Å². The molecule has 3 aromatic rings. The first-order valence-corrected chi connectivity index (χ1v) is 6.85. The van der Waals surface area contributed by atoms with Gasteiger partial charge in [0.2, 0.25) is 5.95 Å². The van der Waals surface area contributed by atoms with Gasteiger partial charge in [-0.3, -0.25) is 0 Å². The molecule has 1 heterocycles. The molecule has 3 rings (SSSR count). The average molecular weight is 351 g/mol. The lowest BCUT2D eigenvalue weighted by Crippen LogP contribution is -1.97. The molecular formula is C15H9BrF2N2O. The quantitative estimate of drug-likeness (QED) is 0.689. The molecule has 0 amide bonds. The van der Waals surface area contributed by atoms with Gasteiger partial charge < -0.3 is 4.74 Å². The maximum atomic E-state index is 13.7. The van der Waals surface area contributed by atoms with E-state index in [0.29, 0.717) is 22.4 Å². The molecule has 0 atom stereocenters. The van der Waals surface area contributed by atoms with E-state index in [1.165, 1.54) is 19.2 Å². The van der Waals surface area contributed by atoms with Crippen LogP contribution in [-0.4, -0.2) is 17.3 Å². The van der Waals surface area contributed by atoms with Gasteiger partial charge in [-0.25, -0.2) is 4.39 Å². The minimum atomic E-state index is -0.802. The van der Waals surface area contributed by atoms with Crippen LogP contribution in [0.2, 0.25) is 0 Å². The number of rotatable bonds is 2. The molecule has 2 aromatic carbocycles. The highest BCUT2D eigenvalue weighted by Gasteiger charge is 2.15. The normalized spacial score (nSPS) is 10.9. The predicted molar refractivity (Wildman–Crippen MR) is 79.1 cm³/mol. The van der Waals surface area contributed by atoms with Gasteiger partial charge in [-0.05, 0) is 36.4 Å². The zero-order valence-corrected chi connectivity index (χ0v) is 12.5. The first-order chi connectivity index (χ1) is 10.1. The lowest BCUT2D eigenvalue weighted by molar-refractivity contribution is 0.416. The van der Waals surface area contributed by atoms with Crippen LogP contribution < -0.4 is 4.74 Å². The summed E-state index contributed by atoms with van der Waals surface area (Å²) in [6.07, 6.45) is 0. The van der Waals surface area contributed by atoms with Gasteiger partial charge in [0.15, 0.2) is 0 Å². The topological polar surface area (TPSA) is 35.0 Å². The van der Waals surface area contributed by atoms with Crippen molar-refractivity contribution < 1.29 is 13.5 Å². The van der Waals surface area contributed by atoms with Crippen LogP contribution in [0.3, 0.4) is 0 Å². The summed E-state index contributed by atoms with van der Waals surface area (Å²) in [5.41, 5.74) is 1.10. The Morgan fingerprint density at radius 1 is 1.00 bits per heavy atom. The summed E-state index contributed by atoms with van der Waals surface area (Å²) in [5.74, 6) is -0.761. The van der Waals surface area contributed by atoms with E-state index in [0.717, 1.165) is 10.5 Å². The van der Waals surface area contributed by atoms with E-state index in [1.54, 1.807) is 12.1 Å². The number of methoxy groups -OCH3 is 1. The fourth-order valence-corrected chi connectivity index (χ4v) is 2.50. The molecule has 0 radical (unpaired) electrons. The van der Waals surface area contributed by atoms with Crippen molar-refractivity contribution in [2.75, 3.05) is 7.11 Å². The van der Waals surface area contributed by atoms with Crippen molar-refractivity contribution in [3.63, 3.8) is 0 Å². The molecule has 0 spiro atoms. The molecule has 0 fully saturated rings. The first-order valence-electron chi connectivity index (χ1n) is 6.05. The molecule has 21 heavy (non-hydrogen) atoms. The van der Waals surface area contributed by atoms with Crippen molar-refractivity contribution in [3.05, 3.63) is 52.6 Å². The summed E-state index contributed by atoms with van der Waals surface area (Å²) in [7, 11) is 1.53. The highest BCUT2D eigenvalue weighted by molar-refractivity contribution is 9.10. The minimum Gasteiger partial charge on any atom is -0.496 e. The van der Waals surface area contributed by atoms with Crippen LogP contribution in [0.15, 0.2) is 40.9 Å². The highest BCUT2D eigenvalue weighted by Crippen LogP contribution is 2.35. The Labute approximate surface area is 127 Å². The monoisotopic (exact) mass is 350 g/mol. The summed E-state index contributed by atoms with van der Waals surface area (Å²) in [5, 5.41) is 7.94. The van der Waals surface area contributed by atoms with Gasteiger partial charge >= 0.3 is 0 Å². The van der Waals surface area contributed by atoms with Crippen LogP contribution in [0.4, 0.5) is 8.78 Å². The molecule has 0 N–H and O–H groups in total. The van der Waals surface area contributed by atoms with E-state index in [9.17, 15) is 8.78 Å². The van der Waals surface area contributed by atoms with Crippen molar-refractivity contribution in [3.8, 4) is 17.0 Å². The molecule has 0 aliphatic rings. The average Bonchev–Trinajstić information content (AvgIpc) is 2.48. The third-order valence-corrected chi connectivity index (χ3v) is 3.61. The van der Waals surface area contributed by atoms with Crippen LogP contribution in [0.5, 0.6) is 5.75 Å². The lowest BCUT2D eigenvalue weighted by Gasteiger charge is -2.10. The Hall–Kier alpha value is -2.08. The van der Waals surface area contributed by atoms with E-state index < -0.39 is 11.8 Å². The number of halogens is 3. The summed E-state index contributed by atoms with van der Waals surface area (Å²) in [4.78, 5) is 0. The molecule has 6 heteroatoms. The summed E-state index contributed by atoms with van der Waals surface area (Å²) in [6.45, 7) is 0. The third-order valence-electron chi connectivity index (χ3n) is 3.12. The molecule has 106 valence electrons. The van der Waals surface area contributed by atoms with Gasteiger partial charge in [-0.2, -0.15) is 4.39 Å². The van der Waals surface area contributed by atoms with Crippen LogP contribution in [0.1, 0.15) is 0 Å². The van der Waals surface area contributed by atoms with Gasteiger partial charge in [0.05, 0.1) is 7.11 Å². The Bertz CT molecular complexity index is 839. The molecule has 0 unspecified atom stereocenters. The van der Waals surface area contributed by atoms with E-state index in [2.05, 4.69) is 26.1 Å². The predicted octanol–water partition coefficient (Wildman–Crippen LogP) is 4.35. The molecule has 0 aliphatic carbocycles. The number of fused-ring (bicyclic) bond motifs is 1. The molecular weight excluding hydrogens is 342 g/mol. The Morgan fingerprint density at radius 2 is 1.81 bits per heavy atom. The molecule has 3 nitrogen and oxygen atoms in total. The maximum Gasteiger partial charge on any atom is 0.241 e. The summed E-state index contributed by atoms with van der Waals surface area (Å²) >= 11 is 3.35. The molecule has 0 saturated carbocycles. The largest absolute Gasteiger partial charge is 0.496 e. The second-order valence-corrected chi connectivity index (χ2v) is 5.29. The van der Waals surface area contributed by atoms with E-state index in [1.807, 2.05) is 6.07 Å². The van der Waals surface area contributed by atoms with Gasteiger partial charge in [0, 0.05) is 20.8 Å². The summed E-state index contributed by atoms with van der Waals surface area (Å²) in [6, 6.07) is 9.23. The SMILES string of the molecule is COc1cc(Br)ccc1-c1nnc(F)c2cc(F)ccc12. The number of ether oxygens (including phenoxy) is 1. The smallest absolute Gasteiger partial charge is 0.241 e. The van der Waals surface area contributed by atoms with Crippen LogP contribution >= 0.6 is 15.9 Å². The number of benzene rings is 2. The van der Waals surface area contributed by atoms with Crippen molar-refractivity contribution in [1.29, 1.82) is 0 Å². The fourth-order valence-electron chi connectivity index (χ4n) is 2.15. The van der Waals surface area contributed by atoms with E-state index >= 15 is 0 Å². The Morgan fingerprint density at radius 3 is 2.57 bits per heavy atom. The molecule has 1 aromatic heterocycles. The van der Waals surface area contributed by atoms with Gasteiger partial charge in [0.1, 0.15) is 17.3 Å². The lowest BCUT2D eigenvalue weighted by atomic mass is 10.0. The number of nitrogens with zero attached hydrogens (tertiary/aromatic N) is 2. The highest BCUT2D eigenvalue weighted by atomic mass is 79.9. The minimum absolute atomic E-state index is 0.0879. The molecule has 0 bridgehead atoms. The van der Waals surface area contributed by atoms with Crippen molar-refractivity contribution in [2.24, 2.45) is 0 Å². The maximum absolute atomic E-state index is 13.7. The van der Waals surface area contributed by atoms with E-state index in [4.69, 9.17) is 4.74 Å². The van der Waals surface area contributed by atoms with Crippen molar-refractivity contribution in [2.45, 2.75) is 0 Å². The Kier molecular flexibility index (Phi) is 3.55. The number of aromatic nitrogens is 2. The number of hydrogen-bond acceptors (Lipinski definition) is 3. The fraction of sp³-hybridized carbons (Fsp3) is 0.0667.